The molecule has 0 unspecified atom stereocenters. The minimum atomic E-state index is -3.93. The van der Waals surface area contributed by atoms with Crippen LogP contribution in [-0.4, -0.2) is 18.2 Å². The molecule has 0 saturated heterocycles. The van der Waals surface area contributed by atoms with Crippen LogP contribution in [-0.2, 0) is 23.6 Å². The number of hydrogen-bond donors (Lipinski definition) is 2. The molecule has 2 aromatic rings. The van der Waals surface area contributed by atoms with Crippen LogP contribution in [0.25, 0.3) is 0 Å². The second kappa shape index (κ2) is 5.22. The summed E-state index contributed by atoms with van der Waals surface area (Å²) in [6.07, 6.45) is 1.71. The highest BCUT2D eigenvalue weighted by molar-refractivity contribution is 7.89. The van der Waals surface area contributed by atoms with E-state index >= 15 is 0 Å². The van der Waals surface area contributed by atoms with Crippen LogP contribution in [0.2, 0.25) is 0 Å². The van der Waals surface area contributed by atoms with Gasteiger partial charge in [-0.05, 0) is 25.1 Å². The molecule has 1 aromatic carbocycles. The fourth-order valence-electron chi connectivity index (χ4n) is 1.81. The van der Waals surface area contributed by atoms with Gasteiger partial charge in [0, 0.05) is 31.0 Å². The summed E-state index contributed by atoms with van der Waals surface area (Å²) < 4.78 is 41.6. The van der Waals surface area contributed by atoms with Crippen LogP contribution in [0, 0.1) is 12.7 Å². The molecule has 0 saturated carbocycles. The molecule has 0 aliphatic heterocycles. The lowest BCUT2D eigenvalue weighted by Gasteiger charge is -2.07. The maximum atomic E-state index is 13.6. The third kappa shape index (κ3) is 2.97. The molecule has 108 valence electrons. The van der Waals surface area contributed by atoms with E-state index in [1.54, 1.807) is 24.9 Å². The first-order chi connectivity index (χ1) is 9.29. The third-order valence-corrected chi connectivity index (χ3v) is 4.25. The Morgan fingerprint density at radius 3 is 2.70 bits per heavy atom. The fraction of sp³-hybridized carbons (Fsp3) is 0.250. The highest BCUT2D eigenvalue weighted by Gasteiger charge is 2.19. The monoisotopic (exact) mass is 298 g/mol. The molecule has 0 aliphatic rings. The molecule has 1 aromatic heterocycles. The average molecular weight is 298 g/mol. The first-order valence-corrected chi connectivity index (χ1v) is 7.32. The molecule has 0 radical (unpaired) electrons. The number of rotatable bonds is 4. The van der Waals surface area contributed by atoms with Gasteiger partial charge in [0.15, 0.2) is 0 Å². The molecule has 0 aliphatic carbocycles. The van der Waals surface area contributed by atoms with Crippen LogP contribution in [0.5, 0.6) is 0 Å². The van der Waals surface area contributed by atoms with Crippen molar-refractivity contribution in [3.8, 4) is 0 Å². The SMILES string of the molecule is Cc1nn(C)cc1CNS(=O)(=O)c1ccc(N)cc1F. The van der Waals surface area contributed by atoms with Gasteiger partial charge in [-0.3, -0.25) is 4.68 Å². The Hall–Kier alpha value is -1.93. The smallest absolute Gasteiger partial charge is 0.243 e. The number of hydrogen-bond acceptors (Lipinski definition) is 4. The van der Waals surface area contributed by atoms with Crippen LogP contribution in [0.15, 0.2) is 29.3 Å². The van der Waals surface area contributed by atoms with E-state index in [4.69, 9.17) is 5.73 Å². The predicted octanol–water partition coefficient (Wildman–Crippen LogP) is 0.928. The number of nitrogens with two attached hydrogens (primary N) is 1. The van der Waals surface area contributed by atoms with Gasteiger partial charge in [0.25, 0.3) is 0 Å². The molecule has 0 spiro atoms. The number of nitrogens with zero attached hydrogens (tertiary/aromatic N) is 2. The first kappa shape index (κ1) is 14.5. The minimum absolute atomic E-state index is 0.0474. The normalized spacial score (nSPS) is 11.8. The second-order valence-corrected chi connectivity index (χ2v) is 6.16. The lowest BCUT2D eigenvalue weighted by molar-refractivity contribution is 0.557. The van der Waals surface area contributed by atoms with Crippen LogP contribution >= 0.6 is 0 Å². The van der Waals surface area contributed by atoms with Crippen LogP contribution < -0.4 is 10.5 Å². The number of aromatic nitrogens is 2. The van der Waals surface area contributed by atoms with Crippen molar-refractivity contribution in [2.24, 2.45) is 7.05 Å². The maximum absolute atomic E-state index is 13.6. The fourth-order valence-corrected chi connectivity index (χ4v) is 2.87. The predicted molar refractivity (Wildman–Crippen MR) is 72.8 cm³/mol. The highest BCUT2D eigenvalue weighted by Crippen LogP contribution is 2.17. The van der Waals surface area contributed by atoms with Crippen molar-refractivity contribution < 1.29 is 12.8 Å². The lowest BCUT2D eigenvalue weighted by atomic mass is 10.3. The van der Waals surface area contributed by atoms with E-state index in [2.05, 4.69) is 9.82 Å². The summed E-state index contributed by atoms with van der Waals surface area (Å²) in [4.78, 5) is -0.423. The maximum Gasteiger partial charge on any atom is 0.243 e. The minimum Gasteiger partial charge on any atom is -0.399 e. The van der Waals surface area contributed by atoms with Crippen molar-refractivity contribution in [1.29, 1.82) is 0 Å². The molecule has 0 atom stereocenters. The topological polar surface area (TPSA) is 90.0 Å². The van der Waals surface area contributed by atoms with Crippen LogP contribution in [0.3, 0.4) is 0 Å². The number of sulfonamides is 1. The molecule has 0 bridgehead atoms. The van der Waals surface area contributed by atoms with Crippen molar-refractivity contribution in [2.75, 3.05) is 5.73 Å². The van der Waals surface area contributed by atoms with Gasteiger partial charge in [-0.1, -0.05) is 0 Å². The van der Waals surface area contributed by atoms with Gasteiger partial charge in [-0.2, -0.15) is 5.10 Å². The summed E-state index contributed by atoms with van der Waals surface area (Å²) in [5, 5.41) is 4.10. The molecule has 8 heteroatoms. The number of aryl methyl sites for hydroxylation is 2. The zero-order chi connectivity index (χ0) is 14.9. The Bertz CT molecular complexity index is 740. The van der Waals surface area contributed by atoms with Gasteiger partial charge < -0.3 is 5.73 Å². The highest BCUT2D eigenvalue weighted by atomic mass is 32.2. The number of anilines is 1. The van der Waals surface area contributed by atoms with Crippen molar-refractivity contribution >= 4 is 15.7 Å². The van der Waals surface area contributed by atoms with E-state index in [0.29, 0.717) is 5.69 Å². The van der Waals surface area contributed by atoms with Crippen LogP contribution in [0.1, 0.15) is 11.3 Å². The molecular formula is C12H15FN4O2S. The zero-order valence-corrected chi connectivity index (χ0v) is 11.9. The molecule has 1 heterocycles. The summed E-state index contributed by atoms with van der Waals surface area (Å²) in [7, 11) is -2.19. The molecule has 2 rings (SSSR count). The third-order valence-electron chi connectivity index (χ3n) is 2.81. The van der Waals surface area contributed by atoms with Crippen molar-refractivity contribution in [1.82, 2.24) is 14.5 Å². The average Bonchev–Trinajstić information content (AvgIpc) is 2.65. The van der Waals surface area contributed by atoms with Crippen molar-refractivity contribution in [3.63, 3.8) is 0 Å². The number of nitrogen functional groups attached to an aromatic ring is 1. The molecule has 3 N–H and O–H groups in total. The Labute approximate surface area is 116 Å². The number of halogens is 1. The number of benzene rings is 1. The van der Waals surface area contributed by atoms with Gasteiger partial charge in [-0.25, -0.2) is 17.5 Å². The summed E-state index contributed by atoms with van der Waals surface area (Å²) in [6.45, 7) is 1.82. The summed E-state index contributed by atoms with van der Waals surface area (Å²) in [5.41, 5.74) is 7.01. The summed E-state index contributed by atoms with van der Waals surface area (Å²) in [6, 6.07) is 3.46. The molecule has 20 heavy (non-hydrogen) atoms. The van der Waals surface area contributed by atoms with Gasteiger partial charge in [0.2, 0.25) is 10.0 Å². The molecule has 6 nitrogen and oxygen atoms in total. The Morgan fingerprint density at radius 2 is 2.15 bits per heavy atom. The molecule has 0 fully saturated rings. The Morgan fingerprint density at radius 1 is 1.45 bits per heavy atom. The van der Waals surface area contributed by atoms with E-state index in [1.807, 2.05) is 0 Å². The zero-order valence-electron chi connectivity index (χ0n) is 11.1. The van der Waals surface area contributed by atoms with E-state index in [-0.39, 0.29) is 12.2 Å². The first-order valence-electron chi connectivity index (χ1n) is 5.83. The molecular weight excluding hydrogens is 283 g/mol. The Balaban J connectivity index is 2.21. The Kier molecular flexibility index (Phi) is 3.78. The second-order valence-electron chi connectivity index (χ2n) is 4.43. The summed E-state index contributed by atoms with van der Waals surface area (Å²) in [5.74, 6) is -0.875. The standard InChI is InChI=1S/C12H15FN4O2S/c1-8-9(7-17(2)16-8)6-15-20(18,19)12-4-3-10(14)5-11(12)13/h3-5,7,15H,6,14H2,1-2H3. The van der Waals surface area contributed by atoms with Gasteiger partial charge >= 0.3 is 0 Å². The van der Waals surface area contributed by atoms with Crippen molar-refractivity contribution in [3.05, 3.63) is 41.5 Å². The lowest BCUT2D eigenvalue weighted by Crippen LogP contribution is -2.24. The largest absolute Gasteiger partial charge is 0.399 e. The quantitative estimate of drug-likeness (QED) is 0.822. The van der Waals surface area contributed by atoms with E-state index in [0.717, 1.165) is 17.7 Å². The van der Waals surface area contributed by atoms with Gasteiger partial charge in [0.1, 0.15) is 10.7 Å². The van der Waals surface area contributed by atoms with Crippen LogP contribution in [0.4, 0.5) is 10.1 Å². The van der Waals surface area contributed by atoms with E-state index in [9.17, 15) is 12.8 Å². The number of nitrogens with one attached hydrogen (secondary N) is 1. The van der Waals surface area contributed by atoms with Crippen molar-refractivity contribution in [2.45, 2.75) is 18.4 Å². The van der Waals surface area contributed by atoms with Gasteiger partial charge in [0.05, 0.1) is 5.69 Å². The van der Waals surface area contributed by atoms with E-state index in [1.165, 1.54) is 6.07 Å². The van der Waals surface area contributed by atoms with E-state index < -0.39 is 20.7 Å². The summed E-state index contributed by atoms with van der Waals surface area (Å²) >= 11 is 0. The van der Waals surface area contributed by atoms with Gasteiger partial charge in [-0.15, -0.1) is 0 Å². The molecule has 0 amide bonds.